The second-order valence-electron chi connectivity index (χ2n) is 11.3. The van der Waals surface area contributed by atoms with Crippen molar-refractivity contribution in [2.45, 2.75) is 32.9 Å². The molecule has 0 atom stereocenters. The van der Waals surface area contributed by atoms with Gasteiger partial charge in [-0.25, -0.2) is 39.5 Å². The number of carboxylic acids is 2. The van der Waals surface area contributed by atoms with E-state index in [1.165, 1.54) is 12.1 Å². The van der Waals surface area contributed by atoms with Gasteiger partial charge in [0.15, 0.2) is 0 Å². The van der Waals surface area contributed by atoms with Crippen LogP contribution < -0.4 is 0 Å². The smallest absolute Gasteiger partial charge is 0.354 e. The largest absolute Gasteiger partial charge is 0.477 e. The second kappa shape index (κ2) is 15.1. The molecule has 0 aromatic carbocycles. The van der Waals surface area contributed by atoms with Gasteiger partial charge in [0, 0.05) is 13.1 Å². The Hall–Kier alpha value is -6.20. The van der Waals surface area contributed by atoms with Crippen molar-refractivity contribution in [3.63, 3.8) is 0 Å². The number of rotatable bonds is 13. The van der Waals surface area contributed by atoms with Crippen molar-refractivity contribution in [3.8, 4) is 45.6 Å². The van der Waals surface area contributed by atoms with Crippen LogP contribution in [0.15, 0.2) is 109 Å². The zero-order chi connectivity index (χ0) is 34.2. The van der Waals surface area contributed by atoms with Crippen LogP contribution in [0.4, 0.5) is 0 Å². The molecule has 11 nitrogen and oxygen atoms in total. The van der Waals surface area contributed by atoms with Gasteiger partial charge in [0.2, 0.25) is 0 Å². The van der Waals surface area contributed by atoms with E-state index in [0.29, 0.717) is 58.6 Å². The van der Waals surface area contributed by atoms with E-state index in [1.54, 1.807) is 36.4 Å². The van der Waals surface area contributed by atoms with Crippen molar-refractivity contribution < 1.29 is 19.8 Å². The first-order valence-electron chi connectivity index (χ1n) is 15.9. The molecule has 0 aliphatic heterocycles. The van der Waals surface area contributed by atoms with E-state index >= 15 is 0 Å². The van der Waals surface area contributed by atoms with Crippen molar-refractivity contribution in [3.05, 3.63) is 132 Å². The molecule has 6 aromatic rings. The molecule has 0 unspecified atom stereocenters. The summed E-state index contributed by atoms with van der Waals surface area (Å²) in [7, 11) is 0. The zero-order valence-corrected chi connectivity index (χ0v) is 26.8. The van der Waals surface area contributed by atoms with Gasteiger partial charge in [0.25, 0.3) is 0 Å². The van der Waals surface area contributed by atoms with Crippen LogP contribution in [0, 0.1) is 0 Å². The third-order valence-electron chi connectivity index (χ3n) is 7.70. The maximum absolute atomic E-state index is 11.4. The molecule has 0 radical (unpaired) electrons. The summed E-state index contributed by atoms with van der Waals surface area (Å²) in [5.74, 6) is -2.18. The summed E-state index contributed by atoms with van der Waals surface area (Å²) in [6, 6.07) is 32.5. The first-order chi connectivity index (χ1) is 23.9. The van der Waals surface area contributed by atoms with Crippen molar-refractivity contribution in [1.82, 2.24) is 34.8 Å². The summed E-state index contributed by atoms with van der Waals surface area (Å²) >= 11 is 0. The Bertz CT molecular complexity index is 1970. The molecule has 0 aliphatic carbocycles. The SMILES string of the molecule is CCCCN(Cc1cccc(-c2cccc(-c3cccc(C(=O)O)n3)n2)n1)Cc1cccc(-c2cccc(-c3cccc(C(=O)O)n3)n2)n1. The highest BCUT2D eigenvalue weighted by Gasteiger charge is 2.14. The molecule has 2 N–H and O–H groups in total. The molecule has 0 spiro atoms. The molecule has 0 aliphatic rings. The molecule has 0 fully saturated rings. The number of hydrogen-bond donors (Lipinski definition) is 2. The molecule has 6 aromatic heterocycles. The molecular formula is C38H33N7O4. The van der Waals surface area contributed by atoms with E-state index in [1.807, 2.05) is 60.7 Å². The quantitative estimate of drug-likeness (QED) is 0.134. The van der Waals surface area contributed by atoms with Crippen molar-refractivity contribution in [2.75, 3.05) is 6.54 Å². The Morgan fingerprint density at radius 3 is 1.18 bits per heavy atom. The number of aromatic carboxylic acids is 2. The lowest BCUT2D eigenvalue weighted by Gasteiger charge is -2.22. The van der Waals surface area contributed by atoms with Crippen LogP contribution in [0.2, 0.25) is 0 Å². The Balaban J connectivity index is 1.21. The van der Waals surface area contributed by atoms with Gasteiger partial charge in [0.1, 0.15) is 11.4 Å². The van der Waals surface area contributed by atoms with Crippen LogP contribution >= 0.6 is 0 Å². The van der Waals surface area contributed by atoms with E-state index in [2.05, 4.69) is 21.8 Å². The number of unbranched alkanes of at least 4 members (excludes halogenated alkanes) is 1. The van der Waals surface area contributed by atoms with Gasteiger partial charge in [-0.2, -0.15) is 0 Å². The highest BCUT2D eigenvalue weighted by molar-refractivity contribution is 5.86. The maximum Gasteiger partial charge on any atom is 0.354 e. The third-order valence-corrected chi connectivity index (χ3v) is 7.70. The minimum Gasteiger partial charge on any atom is -0.477 e. The van der Waals surface area contributed by atoms with Crippen molar-refractivity contribution >= 4 is 11.9 Å². The minimum absolute atomic E-state index is 0.0395. The number of nitrogens with zero attached hydrogens (tertiary/aromatic N) is 7. The van der Waals surface area contributed by atoms with Crippen LogP contribution in [0.25, 0.3) is 45.6 Å². The van der Waals surface area contributed by atoms with E-state index in [4.69, 9.17) is 19.9 Å². The van der Waals surface area contributed by atoms with Crippen LogP contribution in [0.1, 0.15) is 52.1 Å². The highest BCUT2D eigenvalue weighted by atomic mass is 16.4. The van der Waals surface area contributed by atoms with Crippen LogP contribution in [-0.4, -0.2) is 63.5 Å². The molecule has 0 bridgehead atoms. The van der Waals surface area contributed by atoms with Crippen LogP contribution in [0.5, 0.6) is 0 Å². The lowest BCUT2D eigenvalue weighted by Crippen LogP contribution is -2.25. The van der Waals surface area contributed by atoms with Crippen molar-refractivity contribution in [1.29, 1.82) is 0 Å². The topological polar surface area (TPSA) is 155 Å². The third kappa shape index (κ3) is 8.21. The summed E-state index contributed by atoms with van der Waals surface area (Å²) in [5, 5.41) is 18.7. The van der Waals surface area contributed by atoms with E-state index in [-0.39, 0.29) is 11.4 Å². The van der Waals surface area contributed by atoms with Gasteiger partial charge in [-0.05, 0) is 85.8 Å². The number of pyridine rings is 6. The van der Waals surface area contributed by atoms with Gasteiger partial charge in [-0.15, -0.1) is 0 Å². The Morgan fingerprint density at radius 2 is 0.816 bits per heavy atom. The molecule has 0 saturated carbocycles. The van der Waals surface area contributed by atoms with E-state index < -0.39 is 11.9 Å². The molecule has 6 heterocycles. The zero-order valence-electron chi connectivity index (χ0n) is 26.8. The number of carbonyl (C=O) groups is 2. The van der Waals surface area contributed by atoms with Gasteiger partial charge in [-0.1, -0.05) is 49.7 Å². The van der Waals surface area contributed by atoms with Crippen LogP contribution in [0.3, 0.4) is 0 Å². The monoisotopic (exact) mass is 651 g/mol. The van der Waals surface area contributed by atoms with Gasteiger partial charge in [-0.3, -0.25) is 4.90 Å². The predicted molar refractivity (Wildman–Crippen MR) is 184 cm³/mol. The molecule has 0 saturated heterocycles. The summed E-state index contributed by atoms with van der Waals surface area (Å²) in [4.78, 5) is 53.0. The highest BCUT2D eigenvalue weighted by Crippen LogP contribution is 2.23. The van der Waals surface area contributed by atoms with Gasteiger partial charge >= 0.3 is 11.9 Å². The lowest BCUT2D eigenvalue weighted by atomic mass is 10.1. The standard InChI is InChI=1S/C38H33N7O4/c1-2-3-22-45(23-25-10-4-12-27(39-25)29-14-6-16-31(41-29)33-18-8-20-35(43-33)37(46)47)24-26-11-5-13-28(40-26)30-15-7-17-32(42-30)34-19-9-21-36(44-34)38(48)49/h4-21H,2-3,22-24H2,1H3,(H,46,47)(H,48,49). The fraction of sp³-hybridized carbons (Fsp3) is 0.158. The Kier molecular flexibility index (Phi) is 10.1. The second-order valence-corrected chi connectivity index (χ2v) is 11.3. The summed E-state index contributed by atoms with van der Waals surface area (Å²) in [6.07, 6.45) is 2.05. The molecule has 0 amide bonds. The van der Waals surface area contributed by atoms with Gasteiger partial charge < -0.3 is 10.2 Å². The normalized spacial score (nSPS) is 11.1. The molecule has 49 heavy (non-hydrogen) atoms. The van der Waals surface area contributed by atoms with Crippen molar-refractivity contribution in [2.24, 2.45) is 0 Å². The average molecular weight is 652 g/mol. The fourth-order valence-electron chi connectivity index (χ4n) is 5.31. The summed E-state index contributed by atoms with van der Waals surface area (Å²) < 4.78 is 0. The van der Waals surface area contributed by atoms with Crippen LogP contribution in [-0.2, 0) is 13.1 Å². The molecule has 6 rings (SSSR count). The predicted octanol–water partition coefficient (Wildman–Crippen LogP) is 6.92. The Morgan fingerprint density at radius 1 is 0.490 bits per heavy atom. The lowest BCUT2D eigenvalue weighted by molar-refractivity contribution is 0.0680. The number of carboxylic acid groups (broad SMARTS) is 2. The number of aromatic nitrogens is 6. The van der Waals surface area contributed by atoms with E-state index in [0.717, 1.165) is 30.8 Å². The van der Waals surface area contributed by atoms with Gasteiger partial charge in [0.05, 0.1) is 56.9 Å². The first kappa shape index (κ1) is 32.7. The average Bonchev–Trinajstić information content (AvgIpc) is 3.14. The fourth-order valence-corrected chi connectivity index (χ4v) is 5.31. The Labute approximate surface area is 283 Å². The summed E-state index contributed by atoms with van der Waals surface area (Å²) in [6.45, 7) is 4.21. The number of hydrogen-bond acceptors (Lipinski definition) is 9. The molecular weight excluding hydrogens is 618 g/mol. The maximum atomic E-state index is 11.4. The molecule has 11 heteroatoms. The molecule has 244 valence electrons. The van der Waals surface area contributed by atoms with E-state index in [9.17, 15) is 19.8 Å². The minimum atomic E-state index is -1.09. The first-order valence-corrected chi connectivity index (χ1v) is 15.9. The summed E-state index contributed by atoms with van der Waals surface area (Å²) in [5.41, 5.74) is 6.51.